The van der Waals surface area contributed by atoms with Crippen LogP contribution in [0.15, 0.2) is 54.9 Å². The van der Waals surface area contributed by atoms with Crippen LogP contribution in [0.5, 0.6) is 11.5 Å². The summed E-state index contributed by atoms with van der Waals surface area (Å²) in [6.45, 7) is 0.501. The van der Waals surface area contributed by atoms with Gasteiger partial charge in [-0.1, -0.05) is 12.1 Å². The number of ether oxygens (including phenoxy) is 3. The van der Waals surface area contributed by atoms with E-state index in [-0.39, 0.29) is 5.91 Å². The smallest absolute Gasteiger partial charge is 0.252 e. The van der Waals surface area contributed by atoms with Gasteiger partial charge in [0, 0.05) is 38.2 Å². The van der Waals surface area contributed by atoms with E-state index in [1.54, 1.807) is 45.7 Å². The molecule has 1 N–H and O–H groups in total. The number of aryl methyl sites for hydroxylation is 1. The quantitative estimate of drug-likeness (QED) is 0.634. The summed E-state index contributed by atoms with van der Waals surface area (Å²) in [5, 5.41) is 3.08. The van der Waals surface area contributed by atoms with Crippen LogP contribution < -0.4 is 14.8 Å². The Morgan fingerprint density at radius 3 is 2.24 bits per heavy atom. The molecule has 0 aliphatic carbocycles. The lowest BCUT2D eigenvalue weighted by molar-refractivity contribution is 0.0941. The van der Waals surface area contributed by atoms with Crippen LogP contribution in [0.25, 0.3) is 0 Å². The SMILES string of the molecule is COCc1ccc(C(=O)NC(c2cc(OC)cc(OC)c2)c2nccn2C)cc1. The molecule has 1 unspecified atom stereocenters. The summed E-state index contributed by atoms with van der Waals surface area (Å²) in [6, 6.07) is 12.4. The number of hydrogen-bond acceptors (Lipinski definition) is 5. The van der Waals surface area contributed by atoms with E-state index < -0.39 is 6.04 Å². The molecule has 1 atom stereocenters. The van der Waals surface area contributed by atoms with Gasteiger partial charge in [-0.25, -0.2) is 4.98 Å². The van der Waals surface area contributed by atoms with E-state index in [4.69, 9.17) is 14.2 Å². The van der Waals surface area contributed by atoms with Crippen molar-refractivity contribution in [2.24, 2.45) is 7.05 Å². The fourth-order valence-corrected chi connectivity index (χ4v) is 3.08. The molecular formula is C22H25N3O4. The minimum atomic E-state index is -0.481. The number of amides is 1. The van der Waals surface area contributed by atoms with Crippen LogP contribution >= 0.6 is 0 Å². The lowest BCUT2D eigenvalue weighted by atomic mass is 10.0. The van der Waals surface area contributed by atoms with E-state index in [1.165, 1.54) is 0 Å². The third-order valence-corrected chi connectivity index (χ3v) is 4.63. The second-order valence-corrected chi connectivity index (χ2v) is 6.58. The van der Waals surface area contributed by atoms with Crippen molar-refractivity contribution in [2.45, 2.75) is 12.6 Å². The first-order valence-corrected chi connectivity index (χ1v) is 9.14. The monoisotopic (exact) mass is 395 g/mol. The molecule has 29 heavy (non-hydrogen) atoms. The van der Waals surface area contributed by atoms with Gasteiger partial charge < -0.3 is 24.1 Å². The first-order valence-electron chi connectivity index (χ1n) is 9.14. The molecule has 3 aromatic rings. The Bertz CT molecular complexity index is 944. The predicted octanol–water partition coefficient (Wildman–Crippen LogP) is 3.10. The zero-order valence-electron chi connectivity index (χ0n) is 17.0. The molecule has 0 spiro atoms. The highest BCUT2D eigenvalue weighted by Crippen LogP contribution is 2.29. The van der Waals surface area contributed by atoms with Crippen LogP contribution in [0.2, 0.25) is 0 Å². The number of imidazole rings is 1. The maximum atomic E-state index is 13.0. The Hall–Kier alpha value is -3.32. The van der Waals surface area contributed by atoms with Gasteiger partial charge in [-0.2, -0.15) is 0 Å². The third kappa shape index (κ3) is 4.75. The zero-order chi connectivity index (χ0) is 20.8. The van der Waals surface area contributed by atoms with E-state index in [0.29, 0.717) is 29.5 Å². The Labute approximate surface area is 170 Å². The number of nitrogens with one attached hydrogen (secondary N) is 1. The van der Waals surface area contributed by atoms with Gasteiger partial charge in [0.05, 0.1) is 20.8 Å². The van der Waals surface area contributed by atoms with E-state index in [9.17, 15) is 4.79 Å². The number of carbonyl (C=O) groups excluding carboxylic acids is 1. The minimum Gasteiger partial charge on any atom is -0.497 e. The van der Waals surface area contributed by atoms with Crippen molar-refractivity contribution in [3.8, 4) is 11.5 Å². The third-order valence-electron chi connectivity index (χ3n) is 4.63. The van der Waals surface area contributed by atoms with Gasteiger partial charge in [-0.05, 0) is 35.4 Å². The summed E-state index contributed by atoms with van der Waals surface area (Å²) in [4.78, 5) is 17.4. The molecule has 2 aromatic carbocycles. The van der Waals surface area contributed by atoms with Crippen LogP contribution in [0.3, 0.4) is 0 Å². The molecule has 0 saturated carbocycles. The van der Waals surface area contributed by atoms with Gasteiger partial charge >= 0.3 is 0 Å². The molecule has 1 heterocycles. The number of nitrogens with zero attached hydrogens (tertiary/aromatic N) is 2. The standard InChI is InChI=1S/C22H25N3O4/c1-25-10-9-23-21(25)20(17-11-18(28-3)13-19(12-17)29-4)24-22(26)16-7-5-15(6-8-16)14-27-2/h5-13,20H,14H2,1-4H3,(H,24,26). The Morgan fingerprint density at radius 2 is 1.72 bits per heavy atom. The average Bonchev–Trinajstić information content (AvgIpc) is 3.17. The summed E-state index contributed by atoms with van der Waals surface area (Å²) < 4.78 is 17.8. The van der Waals surface area contributed by atoms with Crippen molar-refractivity contribution in [2.75, 3.05) is 21.3 Å². The predicted molar refractivity (Wildman–Crippen MR) is 109 cm³/mol. The molecule has 0 aliphatic rings. The molecule has 7 heteroatoms. The second-order valence-electron chi connectivity index (χ2n) is 6.58. The van der Waals surface area contributed by atoms with Crippen LogP contribution in [0.1, 0.15) is 33.4 Å². The zero-order valence-corrected chi connectivity index (χ0v) is 17.0. The van der Waals surface area contributed by atoms with Crippen LogP contribution in [-0.2, 0) is 18.4 Å². The summed E-state index contributed by atoms with van der Waals surface area (Å²) in [7, 11) is 6.71. The van der Waals surface area contributed by atoms with Crippen molar-refractivity contribution in [3.63, 3.8) is 0 Å². The second kappa shape index (κ2) is 9.25. The van der Waals surface area contributed by atoms with Crippen molar-refractivity contribution in [1.29, 1.82) is 0 Å². The van der Waals surface area contributed by atoms with Gasteiger partial charge in [0.15, 0.2) is 0 Å². The highest BCUT2D eigenvalue weighted by Gasteiger charge is 2.23. The van der Waals surface area contributed by atoms with Gasteiger partial charge in [0.2, 0.25) is 0 Å². The molecular weight excluding hydrogens is 370 g/mol. The Balaban J connectivity index is 1.95. The van der Waals surface area contributed by atoms with Crippen LogP contribution in [0.4, 0.5) is 0 Å². The number of benzene rings is 2. The molecule has 152 valence electrons. The van der Waals surface area contributed by atoms with Crippen molar-refractivity contribution in [1.82, 2.24) is 14.9 Å². The maximum absolute atomic E-state index is 13.0. The fourth-order valence-electron chi connectivity index (χ4n) is 3.08. The summed E-state index contributed by atoms with van der Waals surface area (Å²) in [5.74, 6) is 1.77. The number of carbonyl (C=O) groups is 1. The number of aromatic nitrogens is 2. The minimum absolute atomic E-state index is 0.205. The fraction of sp³-hybridized carbons (Fsp3) is 0.273. The number of hydrogen-bond donors (Lipinski definition) is 1. The molecule has 1 aromatic heterocycles. The highest BCUT2D eigenvalue weighted by atomic mass is 16.5. The highest BCUT2D eigenvalue weighted by molar-refractivity contribution is 5.94. The van der Waals surface area contributed by atoms with Gasteiger partial charge in [-0.15, -0.1) is 0 Å². The van der Waals surface area contributed by atoms with E-state index in [0.717, 1.165) is 11.1 Å². The summed E-state index contributed by atoms with van der Waals surface area (Å²) in [5.41, 5.74) is 2.36. The molecule has 0 radical (unpaired) electrons. The van der Waals surface area contributed by atoms with E-state index in [1.807, 2.05) is 42.1 Å². The van der Waals surface area contributed by atoms with Gasteiger partial charge in [-0.3, -0.25) is 4.79 Å². The summed E-state index contributed by atoms with van der Waals surface area (Å²) >= 11 is 0. The number of rotatable bonds is 8. The molecule has 0 aliphatic heterocycles. The average molecular weight is 395 g/mol. The maximum Gasteiger partial charge on any atom is 0.252 e. The molecule has 1 amide bonds. The molecule has 3 rings (SSSR count). The van der Waals surface area contributed by atoms with Crippen LogP contribution in [0, 0.1) is 0 Å². The van der Waals surface area contributed by atoms with Crippen molar-refractivity contribution < 1.29 is 19.0 Å². The largest absolute Gasteiger partial charge is 0.497 e. The van der Waals surface area contributed by atoms with Crippen LogP contribution in [-0.4, -0.2) is 36.8 Å². The summed E-state index contributed by atoms with van der Waals surface area (Å²) in [6.07, 6.45) is 3.54. The lowest BCUT2D eigenvalue weighted by Crippen LogP contribution is -2.31. The Kier molecular flexibility index (Phi) is 6.51. The van der Waals surface area contributed by atoms with E-state index >= 15 is 0 Å². The molecule has 0 bridgehead atoms. The molecule has 7 nitrogen and oxygen atoms in total. The lowest BCUT2D eigenvalue weighted by Gasteiger charge is -2.20. The molecule has 0 fully saturated rings. The molecule has 0 saturated heterocycles. The Morgan fingerprint density at radius 1 is 1.07 bits per heavy atom. The number of methoxy groups -OCH3 is 3. The first kappa shape index (κ1) is 20.4. The van der Waals surface area contributed by atoms with E-state index in [2.05, 4.69) is 10.3 Å². The topological polar surface area (TPSA) is 74.6 Å². The van der Waals surface area contributed by atoms with Gasteiger partial charge in [0.25, 0.3) is 5.91 Å². The first-order chi connectivity index (χ1) is 14.0. The van der Waals surface area contributed by atoms with Crippen molar-refractivity contribution in [3.05, 3.63) is 77.4 Å². The normalized spacial score (nSPS) is 11.7. The van der Waals surface area contributed by atoms with Gasteiger partial charge in [0.1, 0.15) is 23.4 Å². The van der Waals surface area contributed by atoms with Crippen molar-refractivity contribution >= 4 is 5.91 Å².